The number of carbonyl (C=O) groups excluding carboxylic acids is 2. The second kappa shape index (κ2) is 9.50. The SMILES string of the molecule is COC(C)(C)CNC(=O)CC1C(=O)NCCN1CC=Cc1ccccc1. The van der Waals surface area contributed by atoms with Gasteiger partial charge in [0, 0.05) is 33.3 Å². The molecule has 1 atom stereocenters. The number of benzene rings is 1. The molecule has 1 aliphatic rings. The van der Waals surface area contributed by atoms with Gasteiger partial charge in [0.05, 0.1) is 18.1 Å². The maximum atomic E-state index is 12.3. The maximum absolute atomic E-state index is 12.3. The standard InChI is InChI=1S/C20H29N3O3/c1-20(2,26-3)15-22-18(24)14-17-19(25)21-11-13-23(17)12-7-10-16-8-5-4-6-9-16/h4-10,17H,11-15H2,1-3H3,(H,21,25)(H,22,24). The minimum absolute atomic E-state index is 0.0921. The molecule has 0 aliphatic carbocycles. The fourth-order valence-corrected chi connectivity index (χ4v) is 2.72. The molecule has 2 N–H and O–H groups in total. The summed E-state index contributed by atoms with van der Waals surface area (Å²) in [6.45, 7) is 6.18. The third kappa shape index (κ3) is 6.28. The van der Waals surface area contributed by atoms with Gasteiger partial charge in [-0.1, -0.05) is 42.5 Å². The highest BCUT2D eigenvalue weighted by Gasteiger charge is 2.31. The molecule has 142 valence electrons. The molecule has 1 saturated heterocycles. The first-order chi connectivity index (χ1) is 12.4. The van der Waals surface area contributed by atoms with Crippen LogP contribution in [-0.2, 0) is 14.3 Å². The molecular formula is C20H29N3O3. The minimum atomic E-state index is -0.449. The van der Waals surface area contributed by atoms with Crippen LogP contribution in [-0.4, -0.2) is 61.6 Å². The zero-order valence-electron chi connectivity index (χ0n) is 15.8. The number of nitrogens with zero attached hydrogens (tertiary/aromatic N) is 1. The predicted molar refractivity (Wildman–Crippen MR) is 103 cm³/mol. The Labute approximate surface area is 155 Å². The van der Waals surface area contributed by atoms with Crippen LogP contribution in [0.2, 0.25) is 0 Å². The average molecular weight is 359 g/mol. The van der Waals surface area contributed by atoms with Crippen molar-refractivity contribution in [2.45, 2.75) is 31.9 Å². The van der Waals surface area contributed by atoms with Crippen LogP contribution in [0.3, 0.4) is 0 Å². The molecule has 6 nitrogen and oxygen atoms in total. The fourth-order valence-electron chi connectivity index (χ4n) is 2.72. The summed E-state index contributed by atoms with van der Waals surface area (Å²) in [5, 5.41) is 5.71. The quantitative estimate of drug-likeness (QED) is 0.737. The molecule has 0 radical (unpaired) electrons. The number of nitrogens with one attached hydrogen (secondary N) is 2. The molecule has 0 saturated carbocycles. The average Bonchev–Trinajstić information content (AvgIpc) is 2.64. The second-order valence-corrected chi connectivity index (χ2v) is 7.06. The lowest BCUT2D eigenvalue weighted by atomic mass is 10.1. The topological polar surface area (TPSA) is 70.7 Å². The zero-order valence-corrected chi connectivity index (χ0v) is 15.8. The van der Waals surface area contributed by atoms with Crippen LogP contribution < -0.4 is 10.6 Å². The Balaban J connectivity index is 1.91. The van der Waals surface area contributed by atoms with E-state index in [1.54, 1.807) is 7.11 Å². The van der Waals surface area contributed by atoms with Gasteiger partial charge >= 0.3 is 0 Å². The Bertz CT molecular complexity index is 628. The predicted octanol–water partition coefficient (Wildman–Crippen LogP) is 1.43. The summed E-state index contributed by atoms with van der Waals surface area (Å²) in [5.41, 5.74) is 0.688. The summed E-state index contributed by atoms with van der Waals surface area (Å²) in [5.74, 6) is -0.236. The van der Waals surface area contributed by atoms with Gasteiger partial charge in [-0.3, -0.25) is 14.5 Å². The van der Waals surface area contributed by atoms with Crippen molar-refractivity contribution >= 4 is 17.9 Å². The Morgan fingerprint density at radius 1 is 1.38 bits per heavy atom. The van der Waals surface area contributed by atoms with Crippen LogP contribution in [0.4, 0.5) is 0 Å². The van der Waals surface area contributed by atoms with Crippen LogP contribution in [0.5, 0.6) is 0 Å². The smallest absolute Gasteiger partial charge is 0.237 e. The number of hydrogen-bond acceptors (Lipinski definition) is 4. The van der Waals surface area contributed by atoms with Crippen molar-refractivity contribution in [1.29, 1.82) is 0 Å². The van der Waals surface area contributed by atoms with Crippen molar-refractivity contribution in [3.8, 4) is 0 Å². The molecule has 0 spiro atoms. The van der Waals surface area contributed by atoms with Crippen molar-refractivity contribution in [1.82, 2.24) is 15.5 Å². The van der Waals surface area contributed by atoms with Crippen molar-refractivity contribution in [3.05, 3.63) is 42.0 Å². The minimum Gasteiger partial charge on any atom is -0.377 e. The fraction of sp³-hybridized carbons (Fsp3) is 0.500. The number of amides is 2. The molecule has 0 bridgehead atoms. The Morgan fingerprint density at radius 2 is 2.12 bits per heavy atom. The number of hydrogen-bond donors (Lipinski definition) is 2. The van der Waals surface area contributed by atoms with Gasteiger partial charge in [-0.15, -0.1) is 0 Å². The molecule has 1 aromatic rings. The summed E-state index contributed by atoms with van der Waals surface area (Å²) in [6.07, 6.45) is 4.21. The van der Waals surface area contributed by atoms with Gasteiger partial charge in [-0.05, 0) is 19.4 Å². The Morgan fingerprint density at radius 3 is 2.81 bits per heavy atom. The van der Waals surface area contributed by atoms with Crippen LogP contribution in [0, 0.1) is 0 Å². The van der Waals surface area contributed by atoms with E-state index in [1.807, 2.05) is 61.2 Å². The van der Waals surface area contributed by atoms with E-state index < -0.39 is 11.6 Å². The van der Waals surface area contributed by atoms with Crippen molar-refractivity contribution < 1.29 is 14.3 Å². The summed E-state index contributed by atoms with van der Waals surface area (Å²) >= 11 is 0. The van der Waals surface area contributed by atoms with Gasteiger partial charge in [0.15, 0.2) is 0 Å². The number of ether oxygens (including phenoxy) is 1. The Hall–Kier alpha value is -2.18. The molecule has 1 aliphatic heterocycles. The third-order valence-corrected chi connectivity index (χ3v) is 4.53. The van der Waals surface area contributed by atoms with Crippen LogP contribution in [0.15, 0.2) is 36.4 Å². The molecule has 1 fully saturated rings. The molecule has 6 heteroatoms. The van der Waals surface area contributed by atoms with E-state index in [0.717, 1.165) is 12.1 Å². The van der Waals surface area contributed by atoms with E-state index >= 15 is 0 Å². The molecule has 1 unspecified atom stereocenters. The summed E-state index contributed by atoms with van der Waals surface area (Å²) in [6, 6.07) is 9.57. The lowest BCUT2D eigenvalue weighted by Crippen LogP contribution is -2.56. The van der Waals surface area contributed by atoms with E-state index in [9.17, 15) is 9.59 Å². The molecule has 1 heterocycles. The zero-order chi connectivity index (χ0) is 19.0. The normalized spacial score (nSPS) is 18.7. The number of carbonyl (C=O) groups is 2. The van der Waals surface area contributed by atoms with Gasteiger partial charge in [0.25, 0.3) is 0 Å². The van der Waals surface area contributed by atoms with Gasteiger partial charge in [0.2, 0.25) is 11.8 Å². The van der Waals surface area contributed by atoms with Crippen molar-refractivity contribution in [2.24, 2.45) is 0 Å². The largest absolute Gasteiger partial charge is 0.377 e. The first kappa shape index (κ1) is 20.1. The molecule has 0 aromatic heterocycles. The van der Waals surface area contributed by atoms with Gasteiger partial charge in [-0.25, -0.2) is 0 Å². The van der Waals surface area contributed by atoms with E-state index in [0.29, 0.717) is 19.6 Å². The highest BCUT2D eigenvalue weighted by molar-refractivity contribution is 5.88. The molecule has 2 rings (SSSR count). The molecule has 2 amide bonds. The van der Waals surface area contributed by atoms with Crippen LogP contribution >= 0.6 is 0 Å². The van der Waals surface area contributed by atoms with E-state index in [2.05, 4.69) is 10.6 Å². The van der Waals surface area contributed by atoms with Gasteiger partial charge in [-0.2, -0.15) is 0 Å². The first-order valence-corrected chi connectivity index (χ1v) is 8.96. The molecular weight excluding hydrogens is 330 g/mol. The van der Waals surface area contributed by atoms with E-state index in [4.69, 9.17) is 4.74 Å². The van der Waals surface area contributed by atoms with Crippen LogP contribution in [0.1, 0.15) is 25.8 Å². The summed E-state index contributed by atoms with van der Waals surface area (Å²) in [4.78, 5) is 26.6. The van der Waals surface area contributed by atoms with Crippen molar-refractivity contribution in [3.63, 3.8) is 0 Å². The monoisotopic (exact) mass is 359 g/mol. The molecule has 26 heavy (non-hydrogen) atoms. The van der Waals surface area contributed by atoms with Gasteiger partial charge in [0.1, 0.15) is 0 Å². The van der Waals surface area contributed by atoms with E-state index in [1.165, 1.54) is 0 Å². The number of methoxy groups -OCH3 is 1. The number of piperazine rings is 1. The maximum Gasteiger partial charge on any atom is 0.237 e. The number of rotatable bonds is 8. The third-order valence-electron chi connectivity index (χ3n) is 4.53. The van der Waals surface area contributed by atoms with E-state index in [-0.39, 0.29) is 18.2 Å². The summed E-state index contributed by atoms with van der Waals surface area (Å²) in [7, 11) is 1.61. The van der Waals surface area contributed by atoms with Crippen molar-refractivity contribution in [2.75, 3.05) is 33.3 Å². The highest BCUT2D eigenvalue weighted by atomic mass is 16.5. The van der Waals surface area contributed by atoms with Gasteiger partial charge < -0.3 is 15.4 Å². The molecule has 1 aromatic carbocycles. The first-order valence-electron chi connectivity index (χ1n) is 8.96. The Kier molecular flexibility index (Phi) is 7.36. The lowest BCUT2D eigenvalue weighted by Gasteiger charge is -2.34. The lowest BCUT2D eigenvalue weighted by molar-refractivity contribution is -0.134. The second-order valence-electron chi connectivity index (χ2n) is 7.06. The highest BCUT2D eigenvalue weighted by Crippen LogP contribution is 2.11. The van der Waals surface area contributed by atoms with Crippen LogP contribution in [0.25, 0.3) is 6.08 Å². The summed E-state index contributed by atoms with van der Waals surface area (Å²) < 4.78 is 5.30.